The van der Waals surface area contributed by atoms with Crippen LogP contribution in [0.2, 0.25) is 0 Å². The molecule has 0 aromatic heterocycles. The molecule has 5 heteroatoms. The molecule has 1 aromatic carbocycles. The fraction of sp³-hybridized carbons (Fsp3) is 0.417. The summed E-state index contributed by atoms with van der Waals surface area (Å²) in [5, 5.41) is 2.77. The standard InChI is InChI=1S/C12H17BrN2O2/c1-7(2)11(14)12(16)15-8-4-5-10(17-3)9(13)6-8/h4-7,11H,14H2,1-3H3,(H,15,16)/t11-/m0/s1. The number of hydrogen-bond donors (Lipinski definition) is 2. The second-order valence-electron chi connectivity index (χ2n) is 4.11. The van der Waals surface area contributed by atoms with Crippen molar-refractivity contribution in [1.29, 1.82) is 0 Å². The normalized spacial score (nSPS) is 12.4. The lowest BCUT2D eigenvalue weighted by molar-refractivity contribution is -0.118. The molecule has 4 nitrogen and oxygen atoms in total. The Morgan fingerprint density at radius 2 is 2.12 bits per heavy atom. The van der Waals surface area contributed by atoms with E-state index in [9.17, 15) is 4.79 Å². The number of anilines is 1. The van der Waals surface area contributed by atoms with Gasteiger partial charge in [-0.1, -0.05) is 13.8 Å². The first-order chi connectivity index (χ1) is 7.95. The lowest BCUT2D eigenvalue weighted by atomic mass is 10.1. The number of amides is 1. The number of hydrogen-bond acceptors (Lipinski definition) is 3. The van der Waals surface area contributed by atoms with Crippen molar-refractivity contribution in [2.75, 3.05) is 12.4 Å². The molecule has 17 heavy (non-hydrogen) atoms. The number of rotatable bonds is 4. The smallest absolute Gasteiger partial charge is 0.241 e. The summed E-state index contributed by atoms with van der Waals surface area (Å²) in [6, 6.07) is 4.83. The average Bonchev–Trinajstić information content (AvgIpc) is 2.28. The Morgan fingerprint density at radius 3 is 2.59 bits per heavy atom. The summed E-state index contributed by atoms with van der Waals surface area (Å²) in [7, 11) is 1.59. The second-order valence-corrected chi connectivity index (χ2v) is 4.96. The van der Waals surface area contributed by atoms with Gasteiger partial charge in [-0.3, -0.25) is 4.79 Å². The molecule has 94 valence electrons. The SMILES string of the molecule is COc1ccc(NC(=O)[C@@H](N)C(C)C)cc1Br. The molecule has 0 aliphatic heterocycles. The summed E-state index contributed by atoms with van der Waals surface area (Å²) in [5.41, 5.74) is 6.45. The predicted octanol–water partition coefficient (Wildman–Crippen LogP) is 2.38. The number of carbonyl (C=O) groups excluding carboxylic acids is 1. The van der Waals surface area contributed by atoms with Crippen molar-refractivity contribution < 1.29 is 9.53 Å². The van der Waals surface area contributed by atoms with E-state index < -0.39 is 6.04 Å². The number of carbonyl (C=O) groups is 1. The average molecular weight is 301 g/mol. The molecule has 1 atom stereocenters. The minimum absolute atomic E-state index is 0.108. The predicted molar refractivity (Wildman–Crippen MR) is 72.1 cm³/mol. The fourth-order valence-electron chi connectivity index (χ4n) is 1.27. The molecule has 0 aliphatic carbocycles. The van der Waals surface area contributed by atoms with Crippen LogP contribution in [0.5, 0.6) is 5.75 Å². The zero-order valence-electron chi connectivity index (χ0n) is 10.2. The molecular formula is C12H17BrN2O2. The summed E-state index contributed by atoms with van der Waals surface area (Å²) in [4.78, 5) is 11.7. The van der Waals surface area contributed by atoms with Crippen LogP contribution in [0.3, 0.4) is 0 Å². The van der Waals surface area contributed by atoms with Gasteiger partial charge in [-0.05, 0) is 40.0 Å². The molecule has 0 radical (unpaired) electrons. The summed E-state index contributed by atoms with van der Waals surface area (Å²) >= 11 is 3.36. The van der Waals surface area contributed by atoms with E-state index in [1.165, 1.54) is 0 Å². The van der Waals surface area contributed by atoms with Crippen molar-refractivity contribution in [3.05, 3.63) is 22.7 Å². The number of nitrogens with two attached hydrogens (primary N) is 1. The van der Waals surface area contributed by atoms with Gasteiger partial charge in [0.1, 0.15) is 5.75 Å². The molecule has 0 spiro atoms. The minimum Gasteiger partial charge on any atom is -0.496 e. The van der Waals surface area contributed by atoms with E-state index >= 15 is 0 Å². The Bertz CT molecular complexity index is 407. The first kappa shape index (κ1) is 14.0. The van der Waals surface area contributed by atoms with E-state index in [0.717, 1.165) is 10.2 Å². The van der Waals surface area contributed by atoms with E-state index in [1.807, 2.05) is 13.8 Å². The number of halogens is 1. The first-order valence-electron chi connectivity index (χ1n) is 5.35. The largest absolute Gasteiger partial charge is 0.496 e. The fourth-order valence-corrected chi connectivity index (χ4v) is 1.81. The highest BCUT2D eigenvalue weighted by Crippen LogP contribution is 2.27. The van der Waals surface area contributed by atoms with Gasteiger partial charge in [-0.25, -0.2) is 0 Å². The Balaban J connectivity index is 2.76. The van der Waals surface area contributed by atoms with Crippen molar-refractivity contribution in [3.8, 4) is 5.75 Å². The molecule has 1 rings (SSSR count). The summed E-state index contributed by atoms with van der Waals surface area (Å²) in [6.07, 6.45) is 0. The van der Waals surface area contributed by atoms with Gasteiger partial charge in [0.25, 0.3) is 0 Å². The van der Waals surface area contributed by atoms with Gasteiger partial charge >= 0.3 is 0 Å². The van der Waals surface area contributed by atoms with Gasteiger partial charge in [0, 0.05) is 5.69 Å². The highest BCUT2D eigenvalue weighted by molar-refractivity contribution is 9.10. The van der Waals surface area contributed by atoms with Crippen LogP contribution in [-0.4, -0.2) is 19.1 Å². The van der Waals surface area contributed by atoms with Crippen molar-refractivity contribution in [2.45, 2.75) is 19.9 Å². The molecule has 0 saturated heterocycles. The van der Waals surface area contributed by atoms with E-state index in [-0.39, 0.29) is 11.8 Å². The van der Waals surface area contributed by atoms with Crippen LogP contribution in [0.4, 0.5) is 5.69 Å². The maximum absolute atomic E-state index is 11.7. The van der Waals surface area contributed by atoms with Crippen LogP contribution < -0.4 is 15.8 Å². The third kappa shape index (κ3) is 3.71. The summed E-state index contributed by atoms with van der Waals surface area (Å²) in [6.45, 7) is 3.82. The number of methoxy groups -OCH3 is 1. The van der Waals surface area contributed by atoms with Crippen LogP contribution in [0.1, 0.15) is 13.8 Å². The maximum Gasteiger partial charge on any atom is 0.241 e. The van der Waals surface area contributed by atoms with Gasteiger partial charge in [0.2, 0.25) is 5.91 Å². The lowest BCUT2D eigenvalue weighted by Crippen LogP contribution is -2.39. The van der Waals surface area contributed by atoms with Crippen LogP contribution in [0, 0.1) is 5.92 Å². The Hall–Kier alpha value is -1.07. The van der Waals surface area contributed by atoms with Gasteiger partial charge in [0.05, 0.1) is 17.6 Å². The van der Waals surface area contributed by atoms with Crippen molar-refractivity contribution in [1.82, 2.24) is 0 Å². The van der Waals surface area contributed by atoms with E-state index in [1.54, 1.807) is 25.3 Å². The summed E-state index contributed by atoms with van der Waals surface area (Å²) in [5.74, 6) is 0.643. The Labute approximate surface area is 110 Å². The first-order valence-corrected chi connectivity index (χ1v) is 6.15. The highest BCUT2D eigenvalue weighted by atomic mass is 79.9. The molecular weight excluding hydrogens is 284 g/mol. The molecule has 1 aromatic rings. The lowest BCUT2D eigenvalue weighted by Gasteiger charge is -2.15. The Morgan fingerprint density at radius 1 is 1.47 bits per heavy atom. The Kier molecular flexibility index (Phi) is 4.96. The van der Waals surface area contributed by atoms with Gasteiger partial charge in [0.15, 0.2) is 0 Å². The van der Waals surface area contributed by atoms with Crippen molar-refractivity contribution >= 4 is 27.5 Å². The van der Waals surface area contributed by atoms with Gasteiger partial charge < -0.3 is 15.8 Å². The number of ether oxygens (including phenoxy) is 1. The van der Waals surface area contributed by atoms with Crippen molar-refractivity contribution in [2.24, 2.45) is 11.7 Å². The molecule has 0 saturated carbocycles. The quantitative estimate of drug-likeness (QED) is 0.897. The van der Waals surface area contributed by atoms with E-state index in [0.29, 0.717) is 5.69 Å². The van der Waals surface area contributed by atoms with Crippen LogP contribution in [0.25, 0.3) is 0 Å². The molecule has 0 bridgehead atoms. The maximum atomic E-state index is 11.7. The van der Waals surface area contributed by atoms with E-state index in [2.05, 4.69) is 21.2 Å². The molecule has 1 amide bonds. The third-order valence-electron chi connectivity index (χ3n) is 2.44. The highest BCUT2D eigenvalue weighted by Gasteiger charge is 2.17. The van der Waals surface area contributed by atoms with Gasteiger partial charge in [-0.2, -0.15) is 0 Å². The molecule has 0 unspecified atom stereocenters. The number of benzene rings is 1. The number of nitrogens with one attached hydrogen (secondary N) is 1. The summed E-state index contributed by atoms with van der Waals surface area (Å²) < 4.78 is 5.89. The zero-order chi connectivity index (χ0) is 13.0. The minimum atomic E-state index is -0.504. The molecule has 0 aliphatic rings. The monoisotopic (exact) mass is 300 g/mol. The van der Waals surface area contributed by atoms with Crippen LogP contribution in [0.15, 0.2) is 22.7 Å². The topological polar surface area (TPSA) is 64.3 Å². The zero-order valence-corrected chi connectivity index (χ0v) is 11.7. The second kappa shape index (κ2) is 6.02. The van der Waals surface area contributed by atoms with Crippen molar-refractivity contribution in [3.63, 3.8) is 0 Å². The van der Waals surface area contributed by atoms with E-state index in [4.69, 9.17) is 10.5 Å². The molecule has 3 N–H and O–H groups in total. The molecule has 0 fully saturated rings. The molecule has 0 heterocycles. The third-order valence-corrected chi connectivity index (χ3v) is 3.06. The van der Waals surface area contributed by atoms with Gasteiger partial charge in [-0.15, -0.1) is 0 Å². The van der Waals surface area contributed by atoms with Crippen LogP contribution in [-0.2, 0) is 4.79 Å². The van der Waals surface area contributed by atoms with Crippen LogP contribution >= 0.6 is 15.9 Å².